The minimum Gasteiger partial charge on any atom is -0.472 e. The molecular formula is C16H17N5O2. The van der Waals surface area contributed by atoms with Crippen LogP contribution in [0, 0.1) is 0 Å². The number of hydrogen-bond acceptors (Lipinski definition) is 6. The largest absolute Gasteiger partial charge is 0.472 e. The van der Waals surface area contributed by atoms with Crippen LogP contribution in [0.25, 0.3) is 11.0 Å². The van der Waals surface area contributed by atoms with Crippen LogP contribution in [0.5, 0.6) is 5.88 Å². The third-order valence-electron chi connectivity index (χ3n) is 3.78. The van der Waals surface area contributed by atoms with Crippen molar-refractivity contribution in [3.05, 3.63) is 42.1 Å². The van der Waals surface area contributed by atoms with Crippen molar-refractivity contribution in [2.75, 3.05) is 31.2 Å². The fraction of sp³-hybridized carbons (Fsp3) is 0.312. The lowest BCUT2D eigenvalue weighted by Gasteiger charge is -2.26. The van der Waals surface area contributed by atoms with Gasteiger partial charge in [-0.1, -0.05) is 30.3 Å². The first kappa shape index (κ1) is 14.0. The Morgan fingerprint density at radius 3 is 2.78 bits per heavy atom. The maximum atomic E-state index is 5.93. The number of morpholine rings is 1. The number of ether oxygens (including phenoxy) is 2. The maximum absolute atomic E-state index is 5.93. The molecule has 1 aromatic carbocycles. The highest BCUT2D eigenvalue weighted by atomic mass is 16.5. The molecule has 1 aliphatic heterocycles. The van der Waals surface area contributed by atoms with Crippen molar-refractivity contribution in [3.63, 3.8) is 0 Å². The number of anilines is 1. The molecule has 1 aliphatic rings. The van der Waals surface area contributed by atoms with Crippen molar-refractivity contribution in [1.29, 1.82) is 0 Å². The van der Waals surface area contributed by atoms with Crippen LogP contribution < -0.4 is 9.64 Å². The first-order valence-corrected chi connectivity index (χ1v) is 7.61. The number of fused-ring (bicyclic) bond motifs is 1. The zero-order valence-electron chi connectivity index (χ0n) is 12.6. The van der Waals surface area contributed by atoms with Crippen molar-refractivity contribution in [1.82, 2.24) is 20.2 Å². The van der Waals surface area contributed by atoms with Crippen LogP contribution >= 0.6 is 0 Å². The average Bonchev–Trinajstić information content (AvgIpc) is 3.10. The van der Waals surface area contributed by atoms with Crippen LogP contribution in [-0.4, -0.2) is 46.5 Å². The van der Waals surface area contributed by atoms with Crippen LogP contribution in [-0.2, 0) is 11.3 Å². The van der Waals surface area contributed by atoms with E-state index in [1.165, 1.54) is 0 Å². The fourth-order valence-corrected chi connectivity index (χ4v) is 2.54. The Morgan fingerprint density at radius 2 is 1.96 bits per heavy atom. The zero-order valence-corrected chi connectivity index (χ0v) is 12.6. The highest BCUT2D eigenvalue weighted by molar-refractivity contribution is 5.80. The Morgan fingerprint density at radius 1 is 1.13 bits per heavy atom. The fourth-order valence-electron chi connectivity index (χ4n) is 2.54. The summed E-state index contributed by atoms with van der Waals surface area (Å²) in [5.41, 5.74) is 1.78. The molecule has 23 heavy (non-hydrogen) atoms. The summed E-state index contributed by atoms with van der Waals surface area (Å²) in [6.07, 6.45) is 1.69. The first-order chi connectivity index (χ1) is 11.4. The second kappa shape index (κ2) is 6.21. The van der Waals surface area contributed by atoms with E-state index in [0.717, 1.165) is 24.0 Å². The van der Waals surface area contributed by atoms with Gasteiger partial charge < -0.3 is 14.4 Å². The van der Waals surface area contributed by atoms with E-state index in [4.69, 9.17) is 9.47 Å². The molecule has 0 bridgehead atoms. The molecule has 1 fully saturated rings. The van der Waals surface area contributed by atoms with E-state index in [9.17, 15) is 0 Å². The van der Waals surface area contributed by atoms with E-state index in [1.807, 2.05) is 30.3 Å². The lowest BCUT2D eigenvalue weighted by molar-refractivity contribution is 0.122. The average molecular weight is 311 g/mol. The van der Waals surface area contributed by atoms with Crippen molar-refractivity contribution in [2.45, 2.75) is 6.61 Å². The molecule has 2 aromatic heterocycles. The quantitative estimate of drug-likeness (QED) is 0.791. The molecule has 0 aliphatic carbocycles. The minimum absolute atomic E-state index is 0.459. The monoisotopic (exact) mass is 311 g/mol. The van der Waals surface area contributed by atoms with Gasteiger partial charge in [-0.15, -0.1) is 0 Å². The Labute approximate surface area is 133 Å². The topological polar surface area (TPSA) is 76.2 Å². The molecule has 0 saturated carbocycles. The van der Waals surface area contributed by atoms with Crippen LogP contribution in [0.3, 0.4) is 0 Å². The maximum Gasteiger partial charge on any atom is 0.230 e. The van der Waals surface area contributed by atoms with Gasteiger partial charge in [0.25, 0.3) is 0 Å². The van der Waals surface area contributed by atoms with E-state index in [-0.39, 0.29) is 0 Å². The van der Waals surface area contributed by atoms with Crippen molar-refractivity contribution < 1.29 is 9.47 Å². The standard InChI is InChI=1S/C16H17N5O2/c1-2-4-12(5-3-1)11-23-15-13-10-17-20-14(13)18-16(19-15)21-6-8-22-9-7-21/h1-5,10H,6-9,11H2,(H,17,18,19,20). The van der Waals surface area contributed by atoms with Gasteiger partial charge in [0.15, 0.2) is 5.65 Å². The molecule has 1 saturated heterocycles. The number of nitrogens with one attached hydrogen (secondary N) is 1. The predicted molar refractivity (Wildman–Crippen MR) is 85.5 cm³/mol. The zero-order chi connectivity index (χ0) is 15.5. The molecule has 4 rings (SSSR count). The predicted octanol–water partition coefficient (Wildman–Crippen LogP) is 1.77. The number of rotatable bonds is 4. The number of benzene rings is 1. The van der Waals surface area contributed by atoms with Gasteiger partial charge in [0.1, 0.15) is 12.0 Å². The van der Waals surface area contributed by atoms with Gasteiger partial charge in [0, 0.05) is 13.1 Å². The number of H-pyrrole nitrogens is 1. The van der Waals surface area contributed by atoms with Gasteiger partial charge in [-0.25, -0.2) is 0 Å². The highest BCUT2D eigenvalue weighted by Gasteiger charge is 2.18. The van der Waals surface area contributed by atoms with Gasteiger partial charge in [0.2, 0.25) is 11.8 Å². The normalized spacial score (nSPS) is 15.0. The molecule has 0 spiro atoms. The Hall–Kier alpha value is -2.67. The summed E-state index contributed by atoms with van der Waals surface area (Å²) < 4.78 is 11.3. The van der Waals surface area contributed by atoms with E-state index in [0.29, 0.717) is 37.3 Å². The molecule has 1 N–H and O–H groups in total. The smallest absolute Gasteiger partial charge is 0.230 e. The summed E-state index contributed by atoms with van der Waals surface area (Å²) in [5, 5.41) is 7.74. The van der Waals surface area contributed by atoms with Crippen molar-refractivity contribution in [3.8, 4) is 5.88 Å². The van der Waals surface area contributed by atoms with Gasteiger partial charge >= 0.3 is 0 Å². The number of aromatic nitrogens is 4. The molecule has 3 heterocycles. The summed E-state index contributed by atoms with van der Waals surface area (Å²) in [4.78, 5) is 11.2. The molecule has 7 nitrogen and oxygen atoms in total. The third kappa shape index (κ3) is 2.95. The van der Waals surface area contributed by atoms with Gasteiger partial charge in [0.05, 0.1) is 19.4 Å². The molecule has 0 radical (unpaired) electrons. The van der Waals surface area contributed by atoms with Crippen LogP contribution in [0.1, 0.15) is 5.56 Å². The summed E-state index contributed by atoms with van der Waals surface area (Å²) >= 11 is 0. The van der Waals surface area contributed by atoms with E-state index >= 15 is 0 Å². The molecule has 0 amide bonds. The summed E-state index contributed by atoms with van der Waals surface area (Å²) in [7, 11) is 0. The molecule has 0 atom stereocenters. The van der Waals surface area contributed by atoms with E-state index < -0.39 is 0 Å². The second-order valence-corrected chi connectivity index (χ2v) is 5.33. The molecule has 118 valence electrons. The summed E-state index contributed by atoms with van der Waals surface area (Å²) in [6, 6.07) is 10.0. The summed E-state index contributed by atoms with van der Waals surface area (Å²) in [6.45, 7) is 3.38. The van der Waals surface area contributed by atoms with E-state index in [1.54, 1.807) is 6.20 Å². The van der Waals surface area contributed by atoms with Crippen molar-refractivity contribution >= 4 is 17.0 Å². The van der Waals surface area contributed by atoms with Crippen LogP contribution in [0.2, 0.25) is 0 Å². The van der Waals surface area contributed by atoms with Gasteiger partial charge in [-0.3, -0.25) is 5.10 Å². The van der Waals surface area contributed by atoms with Crippen LogP contribution in [0.4, 0.5) is 5.95 Å². The molecule has 7 heteroatoms. The van der Waals surface area contributed by atoms with Crippen molar-refractivity contribution in [2.24, 2.45) is 0 Å². The summed E-state index contributed by atoms with van der Waals surface area (Å²) in [5.74, 6) is 1.20. The third-order valence-corrected chi connectivity index (χ3v) is 3.78. The highest BCUT2D eigenvalue weighted by Crippen LogP contribution is 2.25. The number of hydrogen-bond donors (Lipinski definition) is 1. The first-order valence-electron chi connectivity index (χ1n) is 7.61. The number of nitrogens with zero attached hydrogens (tertiary/aromatic N) is 4. The Balaban J connectivity index is 1.62. The lowest BCUT2D eigenvalue weighted by atomic mass is 10.2. The molecule has 3 aromatic rings. The van der Waals surface area contributed by atoms with Gasteiger partial charge in [-0.2, -0.15) is 15.1 Å². The van der Waals surface area contributed by atoms with E-state index in [2.05, 4.69) is 25.1 Å². The second-order valence-electron chi connectivity index (χ2n) is 5.33. The Kier molecular flexibility index (Phi) is 3.77. The van der Waals surface area contributed by atoms with Gasteiger partial charge in [-0.05, 0) is 5.56 Å². The molecule has 0 unspecified atom stereocenters. The number of aromatic amines is 1. The lowest BCUT2D eigenvalue weighted by Crippen LogP contribution is -2.37. The molecular weight excluding hydrogens is 294 g/mol. The SMILES string of the molecule is c1ccc(COc2nc(N3CCOCC3)nc3[nH]ncc23)cc1. The minimum atomic E-state index is 0.459. The van der Waals surface area contributed by atoms with Crippen LogP contribution in [0.15, 0.2) is 36.5 Å². The Bertz CT molecular complexity index is 784.